The molecule has 0 amide bonds. The summed E-state index contributed by atoms with van der Waals surface area (Å²) in [4.78, 5) is 11.8. The normalized spacial score (nSPS) is 15.0. The van der Waals surface area contributed by atoms with Crippen molar-refractivity contribution >= 4 is 27.4 Å². The monoisotopic (exact) mass is 395 g/mol. The fourth-order valence-corrected chi connectivity index (χ4v) is 4.68. The van der Waals surface area contributed by atoms with E-state index in [1.807, 2.05) is 0 Å². The van der Waals surface area contributed by atoms with Crippen molar-refractivity contribution in [3.63, 3.8) is 0 Å². The number of nitrogens with zero attached hydrogens (tertiary/aromatic N) is 1. The summed E-state index contributed by atoms with van der Waals surface area (Å²) in [6.45, 7) is 2.04. The molecule has 0 atom stereocenters. The van der Waals surface area contributed by atoms with Crippen molar-refractivity contribution in [1.82, 2.24) is 4.31 Å². The van der Waals surface area contributed by atoms with Crippen LogP contribution in [0.15, 0.2) is 41.3 Å². The molecule has 1 aliphatic heterocycles. The molecule has 0 aromatic heterocycles. The number of rotatable bonds is 4. The molecule has 8 heteroatoms. The van der Waals surface area contributed by atoms with Crippen molar-refractivity contribution in [2.75, 3.05) is 13.2 Å². The number of carbonyl (C=O) groups excluding carboxylic acids is 1. The van der Waals surface area contributed by atoms with E-state index in [0.717, 1.165) is 0 Å². The van der Waals surface area contributed by atoms with Crippen molar-refractivity contribution in [1.29, 1.82) is 0 Å². The van der Waals surface area contributed by atoms with Crippen LogP contribution in [0.1, 0.15) is 29.3 Å². The first-order chi connectivity index (χ1) is 12.3. The third-order valence-electron chi connectivity index (χ3n) is 4.18. The summed E-state index contributed by atoms with van der Waals surface area (Å²) in [5, 5.41) is 9.73. The zero-order valence-electron chi connectivity index (χ0n) is 14.1. The van der Waals surface area contributed by atoms with Gasteiger partial charge in [-0.25, -0.2) is 8.42 Å². The molecule has 138 valence electrons. The first-order valence-corrected chi connectivity index (χ1v) is 9.92. The van der Waals surface area contributed by atoms with Gasteiger partial charge in [-0.05, 0) is 36.4 Å². The van der Waals surface area contributed by atoms with Gasteiger partial charge in [-0.15, -0.1) is 0 Å². The highest BCUT2D eigenvalue weighted by molar-refractivity contribution is 7.89. The van der Waals surface area contributed by atoms with E-state index in [0.29, 0.717) is 16.9 Å². The molecule has 26 heavy (non-hydrogen) atoms. The van der Waals surface area contributed by atoms with Crippen LogP contribution in [0.4, 0.5) is 0 Å². The number of aromatic hydroxyl groups is 1. The molecular formula is C18H18ClNO5S. The minimum Gasteiger partial charge on any atom is -0.508 e. The lowest BCUT2D eigenvalue weighted by Crippen LogP contribution is -2.32. The minimum atomic E-state index is -3.95. The molecule has 1 aliphatic rings. The molecule has 0 saturated carbocycles. The van der Waals surface area contributed by atoms with Gasteiger partial charge in [0.25, 0.3) is 0 Å². The molecule has 2 aromatic rings. The number of sulfonamides is 1. The van der Waals surface area contributed by atoms with Gasteiger partial charge in [0.2, 0.25) is 10.0 Å². The van der Waals surface area contributed by atoms with Gasteiger partial charge in [-0.1, -0.05) is 18.5 Å². The van der Waals surface area contributed by atoms with E-state index in [-0.39, 0.29) is 47.6 Å². The standard InChI is InChI=1S/C18H18ClNO5S/c1-2-16(22)12-3-5-15(19)18(10-12)26(23,24)20-7-8-25-17-6-4-14(21)9-13(17)11-20/h3-6,9-10,21H,2,7-8,11H2,1H3. The molecule has 2 aromatic carbocycles. The first-order valence-electron chi connectivity index (χ1n) is 8.10. The van der Waals surface area contributed by atoms with Crippen LogP contribution < -0.4 is 4.74 Å². The average Bonchev–Trinajstić information content (AvgIpc) is 2.83. The predicted molar refractivity (Wildman–Crippen MR) is 97.3 cm³/mol. The molecule has 1 N–H and O–H groups in total. The summed E-state index contributed by atoms with van der Waals surface area (Å²) < 4.78 is 33.1. The van der Waals surface area contributed by atoms with Crippen molar-refractivity contribution in [3.05, 3.63) is 52.5 Å². The SMILES string of the molecule is CCC(=O)c1ccc(Cl)c(S(=O)(=O)N2CCOc3ccc(O)cc3C2)c1. The maximum absolute atomic E-state index is 13.1. The molecule has 0 bridgehead atoms. The van der Waals surface area contributed by atoms with Crippen molar-refractivity contribution < 1.29 is 23.1 Å². The Kier molecular flexibility index (Phi) is 5.22. The molecule has 0 saturated heterocycles. The van der Waals surface area contributed by atoms with Crippen LogP contribution in [-0.2, 0) is 16.6 Å². The molecule has 0 radical (unpaired) electrons. The lowest BCUT2D eigenvalue weighted by atomic mass is 10.1. The summed E-state index contributed by atoms with van der Waals surface area (Å²) in [6, 6.07) is 8.83. The van der Waals surface area contributed by atoms with Crippen LogP contribution in [0, 0.1) is 0 Å². The summed E-state index contributed by atoms with van der Waals surface area (Å²) >= 11 is 6.13. The fraction of sp³-hybridized carbons (Fsp3) is 0.278. The summed E-state index contributed by atoms with van der Waals surface area (Å²) in [7, 11) is -3.95. The molecule has 6 nitrogen and oxygen atoms in total. The highest BCUT2D eigenvalue weighted by atomic mass is 35.5. The molecule has 1 heterocycles. The zero-order valence-corrected chi connectivity index (χ0v) is 15.7. The molecule has 0 fully saturated rings. The second-order valence-electron chi connectivity index (χ2n) is 5.90. The van der Waals surface area contributed by atoms with Gasteiger partial charge in [-0.3, -0.25) is 4.79 Å². The van der Waals surface area contributed by atoms with Crippen LogP contribution >= 0.6 is 11.6 Å². The van der Waals surface area contributed by atoms with Crippen LogP contribution in [-0.4, -0.2) is 36.8 Å². The number of hydrogen-bond donors (Lipinski definition) is 1. The largest absolute Gasteiger partial charge is 0.508 e. The number of carbonyl (C=O) groups is 1. The maximum Gasteiger partial charge on any atom is 0.245 e. The Hall–Kier alpha value is -2.09. The van der Waals surface area contributed by atoms with E-state index in [9.17, 15) is 18.3 Å². The Labute approximate surface area is 157 Å². The van der Waals surface area contributed by atoms with Crippen molar-refractivity contribution in [2.24, 2.45) is 0 Å². The van der Waals surface area contributed by atoms with Gasteiger partial charge in [-0.2, -0.15) is 4.31 Å². The Balaban J connectivity index is 2.01. The van der Waals surface area contributed by atoms with E-state index in [4.69, 9.17) is 16.3 Å². The quantitative estimate of drug-likeness (QED) is 0.803. The number of Topliss-reactive ketones (excluding diaryl/α,β-unsaturated/α-hetero) is 1. The third-order valence-corrected chi connectivity index (χ3v) is 6.51. The average molecular weight is 396 g/mol. The van der Waals surface area contributed by atoms with Gasteiger partial charge < -0.3 is 9.84 Å². The van der Waals surface area contributed by atoms with E-state index < -0.39 is 10.0 Å². The summed E-state index contributed by atoms with van der Waals surface area (Å²) in [5.41, 5.74) is 0.863. The molecular weight excluding hydrogens is 378 g/mol. The Morgan fingerprint density at radius 3 is 2.77 bits per heavy atom. The fourth-order valence-electron chi connectivity index (χ4n) is 2.78. The van der Waals surface area contributed by atoms with Gasteiger partial charge in [0.1, 0.15) is 23.0 Å². The number of fused-ring (bicyclic) bond motifs is 1. The Morgan fingerprint density at radius 1 is 1.27 bits per heavy atom. The highest BCUT2D eigenvalue weighted by Crippen LogP contribution is 2.32. The van der Waals surface area contributed by atoms with E-state index in [2.05, 4.69) is 0 Å². The first kappa shape index (κ1) is 18.7. The van der Waals surface area contributed by atoms with E-state index >= 15 is 0 Å². The number of ketones is 1. The van der Waals surface area contributed by atoms with Gasteiger partial charge >= 0.3 is 0 Å². The van der Waals surface area contributed by atoms with Crippen LogP contribution in [0.5, 0.6) is 11.5 Å². The van der Waals surface area contributed by atoms with E-state index in [1.165, 1.54) is 34.6 Å². The number of ether oxygens (including phenoxy) is 1. The molecule has 3 rings (SSSR count). The number of benzene rings is 2. The maximum atomic E-state index is 13.1. The zero-order chi connectivity index (χ0) is 18.9. The van der Waals surface area contributed by atoms with Crippen LogP contribution in [0.25, 0.3) is 0 Å². The van der Waals surface area contributed by atoms with Crippen molar-refractivity contribution in [3.8, 4) is 11.5 Å². The van der Waals surface area contributed by atoms with Gasteiger partial charge in [0.05, 0.1) is 5.02 Å². The van der Waals surface area contributed by atoms with Gasteiger partial charge in [0.15, 0.2) is 5.78 Å². The van der Waals surface area contributed by atoms with Crippen LogP contribution in [0.3, 0.4) is 0 Å². The van der Waals surface area contributed by atoms with Crippen molar-refractivity contribution in [2.45, 2.75) is 24.8 Å². The topological polar surface area (TPSA) is 83.9 Å². The molecule has 0 spiro atoms. The van der Waals surface area contributed by atoms with E-state index in [1.54, 1.807) is 13.0 Å². The number of hydrogen-bond acceptors (Lipinski definition) is 5. The highest BCUT2D eigenvalue weighted by Gasteiger charge is 2.30. The second-order valence-corrected chi connectivity index (χ2v) is 8.21. The summed E-state index contributed by atoms with van der Waals surface area (Å²) in [6.07, 6.45) is 0.269. The second kappa shape index (κ2) is 7.26. The smallest absolute Gasteiger partial charge is 0.245 e. The molecule has 0 unspecified atom stereocenters. The Bertz CT molecular complexity index is 958. The van der Waals surface area contributed by atoms with Crippen LogP contribution in [0.2, 0.25) is 5.02 Å². The predicted octanol–water partition coefficient (Wildman–Crippen LogP) is 3.22. The molecule has 0 aliphatic carbocycles. The number of phenols is 1. The lowest BCUT2D eigenvalue weighted by Gasteiger charge is -2.20. The summed E-state index contributed by atoms with van der Waals surface area (Å²) in [5.74, 6) is 0.397. The minimum absolute atomic E-state index is 0.0279. The Morgan fingerprint density at radius 2 is 2.04 bits per heavy atom. The number of phenolic OH excluding ortho intramolecular Hbond substituents is 1. The number of halogens is 1. The third kappa shape index (κ3) is 3.56. The van der Waals surface area contributed by atoms with Gasteiger partial charge in [0, 0.05) is 30.6 Å². The lowest BCUT2D eigenvalue weighted by molar-refractivity contribution is 0.0988.